The van der Waals surface area contributed by atoms with E-state index in [1.54, 1.807) is 13.2 Å². The first-order valence-electron chi connectivity index (χ1n) is 14.7. The summed E-state index contributed by atoms with van der Waals surface area (Å²) < 4.78 is 10.8. The Morgan fingerprint density at radius 1 is 0.902 bits per heavy atom. The predicted octanol–water partition coefficient (Wildman–Crippen LogP) is 4.08. The molecule has 2 heterocycles. The summed E-state index contributed by atoms with van der Waals surface area (Å²) in [7, 11) is 1.54. The first-order valence-corrected chi connectivity index (χ1v) is 14.7. The van der Waals surface area contributed by atoms with Gasteiger partial charge >= 0.3 is 0 Å². The normalized spacial score (nSPS) is 19.4. The fourth-order valence-corrected chi connectivity index (χ4v) is 5.47. The van der Waals surface area contributed by atoms with Gasteiger partial charge in [-0.25, -0.2) is 0 Å². The summed E-state index contributed by atoms with van der Waals surface area (Å²) in [6, 6.07) is 12.0. The molecule has 4 N–H and O–H groups in total. The minimum Gasteiger partial charge on any atom is -0.355 e. The highest BCUT2D eigenvalue weighted by atomic mass is 16.7. The van der Waals surface area contributed by atoms with Crippen molar-refractivity contribution < 1.29 is 23.9 Å². The second-order valence-electron chi connectivity index (χ2n) is 11.9. The van der Waals surface area contributed by atoms with E-state index in [0.717, 1.165) is 29.8 Å². The highest BCUT2D eigenvalue weighted by molar-refractivity contribution is 5.99. The number of aryl methyl sites for hydroxylation is 2. The first kappa shape index (κ1) is 30.5. The number of nitrogens with one attached hydrogen (secondary N) is 4. The minimum atomic E-state index is -0.793. The zero-order valence-electron chi connectivity index (χ0n) is 24.8. The van der Waals surface area contributed by atoms with Crippen LogP contribution in [0.4, 0.5) is 11.4 Å². The zero-order chi connectivity index (χ0) is 29.5. The van der Waals surface area contributed by atoms with Crippen LogP contribution in [0.3, 0.4) is 0 Å². The summed E-state index contributed by atoms with van der Waals surface area (Å²) in [5, 5.41) is 12.3. The van der Waals surface area contributed by atoms with Crippen LogP contribution in [0, 0.1) is 11.8 Å². The van der Waals surface area contributed by atoms with Gasteiger partial charge in [0.05, 0.1) is 12.6 Å². The third kappa shape index (κ3) is 8.07. The molecule has 2 aliphatic rings. The van der Waals surface area contributed by atoms with Crippen LogP contribution in [0.5, 0.6) is 0 Å². The zero-order valence-corrected chi connectivity index (χ0v) is 24.8. The number of para-hydroxylation sites is 1. The van der Waals surface area contributed by atoms with Gasteiger partial charge in [-0.15, -0.1) is 0 Å². The number of fused-ring (bicyclic) bond motifs is 2. The third-order valence-corrected chi connectivity index (χ3v) is 7.59. The van der Waals surface area contributed by atoms with Crippen LogP contribution in [-0.2, 0) is 31.9 Å². The lowest BCUT2D eigenvalue weighted by molar-refractivity contribution is -0.134. The molecule has 3 amide bonds. The van der Waals surface area contributed by atoms with E-state index < -0.39 is 18.4 Å². The molecule has 9 heteroatoms. The van der Waals surface area contributed by atoms with E-state index in [1.807, 2.05) is 58.0 Å². The number of hydrogen-bond donors (Lipinski definition) is 4. The molecular formula is C32H44N4O5. The Morgan fingerprint density at radius 2 is 1.56 bits per heavy atom. The van der Waals surface area contributed by atoms with Crippen LogP contribution in [0.1, 0.15) is 68.4 Å². The van der Waals surface area contributed by atoms with Crippen LogP contribution in [0.2, 0.25) is 0 Å². The topological polar surface area (TPSA) is 118 Å². The highest BCUT2D eigenvalue weighted by Gasteiger charge is 2.33. The van der Waals surface area contributed by atoms with Gasteiger partial charge in [0.25, 0.3) is 5.91 Å². The molecule has 41 heavy (non-hydrogen) atoms. The Bertz CT molecular complexity index is 1230. The molecule has 0 aromatic heterocycles. The van der Waals surface area contributed by atoms with E-state index in [0.29, 0.717) is 31.4 Å². The van der Waals surface area contributed by atoms with Gasteiger partial charge in [0.2, 0.25) is 11.8 Å². The van der Waals surface area contributed by atoms with Crippen molar-refractivity contribution in [1.29, 1.82) is 0 Å². The Labute approximate surface area is 243 Å². The van der Waals surface area contributed by atoms with Gasteiger partial charge < -0.3 is 30.7 Å². The quantitative estimate of drug-likeness (QED) is 0.327. The summed E-state index contributed by atoms with van der Waals surface area (Å²) in [4.78, 5) is 40.2. The number of ether oxygens (including phenoxy) is 2. The molecule has 1 fully saturated rings. The van der Waals surface area contributed by atoms with Crippen LogP contribution >= 0.6 is 0 Å². The molecule has 0 aliphatic carbocycles. The summed E-state index contributed by atoms with van der Waals surface area (Å²) >= 11 is 0. The van der Waals surface area contributed by atoms with Crippen molar-refractivity contribution in [3.63, 3.8) is 0 Å². The van der Waals surface area contributed by atoms with E-state index in [2.05, 4.69) is 27.3 Å². The predicted molar refractivity (Wildman–Crippen MR) is 159 cm³/mol. The molecule has 0 radical (unpaired) electrons. The molecule has 0 saturated carbocycles. The largest absolute Gasteiger partial charge is 0.355 e. The molecule has 9 nitrogen and oxygen atoms in total. The van der Waals surface area contributed by atoms with Gasteiger partial charge in [-0.2, -0.15) is 0 Å². The van der Waals surface area contributed by atoms with E-state index in [4.69, 9.17) is 9.47 Å². The Hall–Kier alpha value is -3.43. The second-order valence-corrected chi connectivity index (χ2v) is 11.9. The Balaban J connectivity index is 1.46. The Morgan fingerprint density at radius 3 is 2.24 bits per heavy atom. The first-order chi connectivity index (χ1) is 19.6. The molecule has 2 aromatic rings. The number of benzene rings is 2. The van der Waals surface area contributed by atoms with E-state index in [-0.39, 0.29) is 35.6 Å². The van der Waals surface area contributed by atoms with Crippen LogP contribution in [0.25, 0.3) is 0 Å². The summed E-state index contributed by atoms with van der Waals surface area (Å²) in [6.07, 6.45) is 2.82. The van der Waals surface area contributed by atoms with Crippen molar-refractivity contribution in [3.8, 4) is 0 Å². The monoisotopic (exact) mass is 564 g/mol. The van der Waals surface area contributed by atoms with Crippen LogP contribution in [0.15, 0.2) is 42.5 Å². The van der Waals surface area contributed by atoms with Crippen molar-refractivity contribution in [2.24, 2.45) is 11.8 Å². The average Bonchev–Trinajstić information content (AvgIpc) is 3.29. The number of anilines is 2. The standard InChI is InChI=1S/C32H44N4O5/c1-19(2)16-27(31(39)36-28(17-20(3)4)30(38)34-25-14-15-41-32(25)40-5)35-29(37)23-13-12-22-11-10-21-8-6-7-9-24(21)33-26(22)18-23/h6-9,12-13,18-20,25,27-28,32-33H,10-11,14-17H2,1-5H3,(H,34,38)(H,35,37)(H,36,39)/t25-,27-,28-,32?/m0/s1. The number of methoxy groups -OCH3 is 1. The second kappa shape index (κ2) is 14.0. The fourth-order valence-electron chi connectivity index (χ4n) is 5.47. The van der Waals surface area contributed by atoms with Gasteiger partial charge in [-0.3, -0.25) is 14.4 Å². The molecule has 0 spiro atoms. The van der Waals surface area contributed by atoms with Crippen molar-refractivity contribution in [1.82, 2.24) is 16.0 Å². The van der Waals surface area contributed by atoms with Gasteiger partial charge in [-0.05, 0) is 73.3 Å². The average molecular weight is 565 g/mol. The molecule has 4 atom stereocenters. The smallest absolute Gasteiger partial charge is 0.252 e. The maximum absolute atomic E-state index is 13.5. The van der Waals surface area contributed by atoms with E-state index in [9.17, 15) is 14.4 Å². The molecule has 4 rings (SSSR count). The fraction of sp³-hybridized carbons (Fsp3) is 0.531. The van der Waals surface area contributed by atoms with E-state index in [1.165, 1.54) is 5.56 Å². The van der Waals surface area contributed by atoms with Gasteiger partial charge in [-0.1, -0.05) is 52.0 Å². The molecule has 2 aliphatic heterocycles. The molecular weight excluding hydrogens is 520 g/mol. The lowest BCUT2D eigenvalue weighted by Crippen LogP contribution is -2.56. The Kier molecular flexibility index (Phi) is 10.4. The lowest BCUT2D eigenvalue weighted by atomic mass is 9.99. The van der Waals surface area contributed by atoms with Crippen LogP contribution < -0.4 is 21.3 Å². The van der Waals surface area contributed by atoms with E-state index >= 15 is 0 Å². The SMILES string of the molecule is COC1OCC[C@@H]1NC(=O)[C@H](CC(C)C)NC(=O)[C@H](CC(C)C)NC(=O)c1ccc2c(c1)Nc1ccccc1CC2. The number of amides is 3. The summed E-state index contributed by atoms with van der Waals surface area (Å²) in [6.45, 7) is 8.50. The minimum absolute atomic E-state index is 0.145. The van der Waals surface area contributed by atoms with Gasteiger partial charge in [0.15, 0.2) is 6.29 Å². The number of rotatable bonds is 11. The summed E-state index contributed by atoms with van der Waals surface area (Å²) in [5.41, 5.74) is 4.78. The van der Waals surface area contributed by atoms with Crippen molar-refractivity contribution in [2.45, 2.75) is 84.2 Å². The summed E-state index contributed by atoms with van der Waals surface area (Å²) in [5.74, 6) is -0.674. The molecule has 0 bridgehead atoms. The van der Waals surface area contributed by atoms with Gasteiger partial charge in [0.1, 0.15) is 12.1 Å². The molecule has 2 aromatic carbocycles. The third-order valence-electron chi connectivity index (χ3n) is 7.59. The number of carbonyl (C=O) groups is 3. The van der Waals surface area contributed by atoms with Crippen molar-refractivity contribution in [3.05, 3.63) is 59.2 Å². The molecule has 222 valence electrons. The highest BCUT2D eigenvalue weighted by Crippen LogP contribution is 2.30. The molecule has 1 unspecified atom stereocenters. The number of hydrogen-bond acceptors (Lipinski definition) is 6. The maximum atomic E-state index is 13.5. The van der Waals surface area contributed by atoms with Gasteiger partial charge in [0, 0.05) is 24.0 Å². The van der Waals surface area contributed by atoms with Crippen LogP contribution in [-0.4, -0.2) is 55.9 Å². The lowest BCUT2D eigenvalue weighted by Gasteiger charge is -2.27. The van der Waals surface area contributed by atoms with Crippen molar-refractivity contribution >= 4 is 29.1 Å². The molecule has 1 saturated heterocycles. The maximum Gasteiger partial charge on any atom is 0.252 e. The number of carbonyl (C=O) groups excluding carboxylic acids is 3. The van der Waals surface area contributed by atoms with Crippen molar-refractivity contribution in [2.75, 3.05) is 19.0 Å².